The van der Waals surface area contributed by atoms with Crippen LogP contribution in [0.3, 0.4) is 0 Å². The summed E-state index contributed by atoms with van der Waals surface area (Å²) in [5, 5.41) is 6.38. The van der Waals surface area contributed by atoms with Gasteiger partial charge in [-0.1, -0.05) is 23.7 Å². The molecule has 29 heavy (non-hydrogen) atoms. The highest BCUT2D eigenvalue weighted by molar-refractivity contribution is 7.09. The number of benzene rings is 2. The van der Waals surface area contributed by atoms with Crippen LogP contribution in [0, 0.1) is 0 Å². The normalized spacial score (nSPS) is 10.5. The number of carbonyl (C=O) groups is 1. The van der Waals surface area contributed by atoms with Crippen LogP contribution in [0.4, 0.5) is 5.69 Å². The maximum absolute atomic E-state index is 12.5. The number of thiazole rings is 1. The maximum atomic E-state index is 12.5. The molecule has 0 saturated carbocycles. The van der Waals surface area contributed by atoms with E-state index in [1.165, 1.54) is 32.7 Å². The average Bonchev–Trinajstić information content (AvgIpc) is 3.13. The Kier molecular flexibility index (Phi) is 6.95. The zero-order valence-electron chi connectivity index (χ0n) is 16.3. The molecule has 3 aromatic rings. The van der Waals surface area contributed by atoms with Crippen molar-refractivity contribution in [3.8, 4) is 17.2 Å². The van der Waals surface area contributed by atoms with Crippen molar-refractivity contribution in [1.82, 2.24) is 4.98 Å². The highest BCUT2D eigenvalue weighted by Crippen LogP contribution is 2.39. The fourth-order valence-electron chi connectivity index (χ4n) is 2.86. The van der Waals surface area contributed by atoms with Gasteiger partial charge < -0.3 is 19.5 Å². The molecule has 8 heteroatoms. The lowest BCUT2D eigenvalue weighted by atomic mass is 10.2. The molecular weight excluding hydrogens is 412 g/mol. The summed E-state index contributed by atoms with van der Waals surface area (Å²) >= 11 is 7.55. The van der Waals surface area contributed by atoms with Crippen molar-refractivity contribution < 1.29 is 19.0 Å². The lowest BCUT2D eigenvalue weighted by molar-refractivity contribution is -0.115. The second-order valence-electron chi connectivity index (χ2n) is 6.18. The summed E-state index contributed by atoms with van der Waals surface area (Å²) in [6.07, 6.45) is 0.850. The van der Waals surface area contributed by atoms with Gasteiger partial charge in [-0.3, -0.25) is 4.79 Å². The molecule has 0 atom stereocenters. The van der Waals surface area contributed by atoms with E-state index in [-0.39, 0.29) is 12.3 Å². The first-order chi connectivity index (χ1) is 14.0. The first-order valence-electron chi connectivity index (χ1n) is 8.80. The predicted octanol–water partition coefficient (Wildman–Crippen LogP) is 4.59. The third kappa shape index (κ3) is 5.40. The smallest absolute Gasteiger partial charge is 0.230 e. The van der Waals surface area contributed by atoms with Gasteiger partial charge in [0.05, 0.1) is 38.5 Å². The SMILES string of the molecule is COc1cc(NC(=O)Cc2csc(Cc3cccc(Cl)c3)n2)cc(OC)c1OC. The van der Waals surface area contributed by atoms with Gasteiger partial charge in [0.15, 0.2) is 11.5 Å². The van der Waals surface area contributed by atoms with E-state index in [4.69, 9.17) is 25.8 Å². The molecule has 1 amide bonds. The third-order valence-electron chi connectivity index (χ3n) is 4.13. The second-order valence-corrected chi connectivity index (χ2v) is 7.56. The Balaban J connectivity index is 1.66. The molecule has 0 spiro atoms. The summed E-state index contributed by atoms with van der Waals surface area (Å²) in [5.41, 5.74) is 2.36. The Hall–Kier alpha value is -2.77. The van der Waals surface area contributed by atoms with Crippen LogP contribution in [0.2, 0.25) is 5.02 Å². The van der Waals surface area contributed by atoms with E-state index in [2.05, 4.69) is 10.3 Å². The fraction of sp³-hybridized carbons (Fsp3) is 0.238. The number of hydrogen-bond acceptors (Lipinski definition) is 6. The second kappa shape index (κ2) is 9.62. The molecule has 0 unspecified atom stereocenters. The van der Waals surface area contributed by atoms with Crippen molar-refractivity contribution in [2.45, 2.75) is 12.8 Å². The standard InChI is InChI=1S/C21H21ClN2O4S/c1-26-17-9-15(10-18(27-2)21(17)28-3)23-19(25)11-16-12-29-20(24-16)8-13-5-4-6-14(22)7-13/h4-7,9-10,12H,8,11H2,1-3H3,(H,23,25). The Bertz CT molecular complexity index is 981. The molecule has 0 aliphatic heterocycles. The number of nitrogens with one attached hydrogen (secondary N) is 1. The van der Waals surface area contributed by atoms with Crippen LogP contribution in [0.1, 0.15) is 16.3 Å². The van der Waals surface area contributed by atoms with E-state index in [0.717, 1.165) is 16.3 Å². The molecule has 0 bridgehead atoms. The minimum atomic E-state index is -0.182. The number of aromatic nitrogens is 1. The van der Waals surface area contributed by atoms with Gasteiger partial charge in [0, 0.05) is 34.6 Å². The van der Waals surface area contributed by atoms with Crippen molar-refractivity contribution in [2.75, 3.05) is 26.6 Å². The number of hydrogen-bond donors (Lipinski definition) is 1. The van der Waals surface area contributed by atoms with Crippen molar-refractivity contribution in [3.05, 3.63) is 63.1 Å². The Morgan fingerprint density at radius 3 is 2.45 bits per heavy atom. The highest BCUT2D eigenvalue weighted by Gasteiger charge is 2.15. The van der Waals surface area contributed by atoms with Crippen molar-refractivity contribution in [3.63, 3.8) is 0 Å². The first-order valence-corrected chi connectivity index (χ1v) is 10.1. The van der Waals surface area contributed by atoms with E-state index in [1.807, 2.05) is 29.6 Å². The van der Waals surface area contributed by atoms with Gasteiger partial charge in [-0.2, -0.15) is 0 Å². The van der Waals surface area contributed by atoms with Crippen molar-refractivity contribution in [1.29, 1.82) is 0 Å². The van der Waals surface area contributed by atoms with Gasteiger partial charge >= 0.3 is 0 Å². The molecule has 3 rings (SSSR count). The van der Waals surface area contributed by atoms with Gasteiger partial charge in [0.25, 0.3) is 0 Å². The van der Waals surface area contributed by atoms with Crippen molar-refractivity contribution in [2.24, 2.45) is 0 Å². The summed E-state index contributed by atoms with van der Waals surface area (Å²) in [4.78, 5) is 17.0. The molecule has 2 aromatic carbocycles. The average molecular weight is 433 g/mol. The maximum Gasteiger partial charge on any atom is 0.230 e. The number of anilines is 1. The van der Waals surface area contributed by atoms with Crippen LogP contribution >= 0.6 is 22.9 Å². The third-order valence-corrected chi connectivity index (χ3v) is 5.27. The molecular formula is C21H21ClN2O4S. The number of halogens is 1. The minimum Gasteiger partial charge on any atom is -0.493 e. The van der Waals surface area contributed by atoms with Crippen molar-refractivity contribution >= 4 is 34.5 Å². The summed E-state index contributed by atoms with van der Waals surface area (Å²) in [6, 6.07) is 11.0. The molecule has 0 aliphatic rings. The number of amides is 1. The lowest BCUT2D eigenvalue weighted by Crippen LogP contribution is -2.15. The first kappa shape index (κ1) is 21.0. The molecule has 6 nitrogen and oxygen atoms in total. The molecule has 0 radical (unpaired) electrons. The van der Waals surface area contributed by atoms with E-state index in [0.29, 0.717) is 34.4 Å². The van der Waals surface area contributed by atoms with Crippen LogP contribution < -0.4 is 19.5 Å². The number of rotatable bonds is 8. The van der Waals surface area contributed by atoms with Gasteiger partial charge in [-0.05, 0) is 17.7 Å². The summed E-state index contributed by atoms with van der Waals surface area (Å²) in [5.74, 6) is 1.23. The van der Waals surface area contributed by atoms with Crippen LogP contribution in [-0.2, 0) is 17.6 Å². The zero-order valence-corrected chi connectivity index (χ0v) is 17.9. The molecule has 1 N–H and O–H groups in total. The number of carbonyl (C=O) groups excluding carboxylic acids is 1. The Morgan fingerprint density at radius 2 is 1.83 bits per heavy atom. The fourth-order valence-corrected chi connectivity index (χ4v) is 3.90. The van der Waals surface area contributed by atoms with Gasteiger partial charge in [0.2, 0.25) is 11.7 Å². The highest BCUT2D eigenvalue weighted by atomic mass is 35.5. The zero-order chi connectivity index (χ0) is 20.8. The summed E-state index contributed by atoms with van der Waals surface area (Å²) in [7, 11) is 4.58. The van der Waals surface area contributed by atoms with Gasteiger partial charge in [-0.15, -0.1) is 11.3 Å². The molecule has 1 heterocycles. The lowest BCUT2D eigenvalue weighted by Gasteiger charge is -2.14. The Labute approximate surface area is 178 Å². The van der Waals surface area contributed by atoms with E-state index < -0.39 is 0 Å². The molecule has 1 aromatic heterocycles. The van der Waals surface area contributed by atoms with Crippen LogP contribution in [-0.4, -0.2) is 32.2 Å². The van der Waals surface area contributed by atoms with Crippen LogP contribution in [0.25, 0.3) is 0 Å². The quantitative estimate of drug-likeness (QED) is 0.563. The number of methoxy groups -OCH3 is 3. The molecule has 152 valence electrons. The summed E-state index contributed by atoms with van der Waals surface area (Å²) in [6.45, 7) is 0. The molecule has 0 fully saturated rings. The van der Waals surface area contributed by atoms with Crippen LogP contribution in [0.15, 0.2) is 41.8 Å². The predicted molar refractivity (Wildman–Crippen MR) is 115 cm³/mol. The largest absolute Gasteiger partial charge is 0.493 e. The molecule has 0 saturated heterocycles. The number of ether oxygens (including phenoxy) is 3. The number of nitrogens with zero attached hydrogens (tertiary/aromatic N) is 1. The van der Waals surface area contributed by atoms with E-state index in [9.17, 15) is 4.79 Å². The Morgan fingerprint density at radius 1 is 1.10 bits per heavy atom. The van der Waals surface area contributed by atoms with E-state index in [1.54, 1.807) is 12.1 Å². The minimum absolute atomic E-state index is 0.169. The topological polar surface area (TPSA) is 69.7 Å². The monoisotopic (exact) mass is 432 g/mol. The molecule has 0 aliphatic carbocycles. The van der Waals surface area contributed by atoms with Crippen LogP contribution in [0.5, 0.6) is 17.2 Å². The van der Waals surface area contributed by atoms with Gasteiger partial charge in [-0.25, -0.2) is 4.98 Å². The van der Waals surface area contributed by atoms with E-state index >= 15 is 0 Å². The van der Waals surface area contributed by atoms with Gasteiger partial charge in [0.1, 0.15) is 0 Å². The summed E-state index contributed by atoms with van der Waals surface area (Å²) < 4.78 is 15.9.